The topological polar surface area (TPSA) is 98.1 Å². The van der Waals surface area contributed by atoms with Crippen LogP contribution in [0.4, 0.5) is 11.4 Å². The molecule has 4 aromatic rings. The average Bonchev–Trinajstić information content (AvgIpc) is 3.30. The van der Waals surface area contributed by atoms with Crippen molar-refractivity contribution in [3.05, 3.63) is 90.3 Å². The lowest BCUT2D eigenvalue weighted by atomic mass is 10.1. The first-order valence-electron chi connectivity index (χ1n) is 11.5. The van der Waals surface area contributed by atoms with Gasteiger partial charge in [-0.25, -0.2) is 0 Å². The van der Waals surface area contributed by atoms with Gasteiger partial charge in [-0.1, -0.05) is 42.1 Å². The lowest BCUT2D eigenvalue weighted by molar-refractivity contribution is -0.113. The van der Waals surface area contributed by atoms with Crippen molar-refractivity contribution in [2.45, 2.75) is 25.5 Å². The van der Waals surface area contributed by atoms with Crippen molar-refractivity contribution in [2.24, 2.45) is 0 Å². The summed E-state index contributed by atoms with van der Waals surface area (Å²) in [5.41, 5.74) is 2.97. The van der Waals surface area contributed by atoms with Crippen LogP contribution in [0, 0.1) is 0 Å². The molecule has 1 aromatic heterocycles. The Morgan fingerprint density at radius 2 is 1.72 bits per heavy atom. The van der Waals surface area contributed by atoms with Gasteiger partial charge in [-0.05, 0) is 62.4 Å². The van der Waals surface area contributed by atoms with Gasteiger partial charge in [0, 0.05) is 22.6 Å². The summed E-state index contributed by atoms with van der Waals surface area (Å²) in [6.45, 7) is 4.51. The van der Waals surface area contributed by atoms with Crippen LogP contribution in [0.1, 0.15) is 30.0 Å². The SMILES string of the molecule is CCOc1ccc(NCc2nnc(SCC(=O)Nc3cccc(C(C)=O)c3)n2-c2ccccc2)cc1. The zero-order valence-electron chi connectivity index (χ0n) is 20.1. The van der Waals surface area contributed by atoms with Crippen molar-refractivity contribution in [1.82, 2.24) is 14.8 Å². The summed E-state index contributed by atoms with van der Waals surface area (Å²) in [6, 6.07) is 24.4. The number of aromatic nitrogens is 3. The van der Waals surface area contributed by atoms with Gasteiger partial charge in [0.25, 0.3) is 0 Å². The van der Waals surface area contributed by atoms with E-state index in [-0.39, 0.29) is 17.4 Å². The van der Waals surface area contributed by atoms with Crippen LogP contribution in [0.3, 0.4) is 0 Å². The Labute approximate surface area is 214 Å². The summed E-state index contributed by atoms with van der Waals surface area (Å²) >= 11 is 1.30. The van der Waals surface area contributed by atoms with E-state index in [1.165, 1.54) is 18.7 Å². The average molecular weight is 502 g/mol. The van der Waals surface area contributed by atoms with Gasteiger partial charge >= 0.3 is 0 Å². The third kappa shape index (κ3) is 6.51. The van der Waals surface area contributed by atoms with Gasteiger partial charge in [0.2, 0.25) is 5.91 Å². The summed E-state index contributed by atoms with van der Waals surface area (Å²) in [4.78, 5) is 24.2. The number of Topliss-reactive ketones (excluding diaryl/α,β-unsaturated/α-hetero) is 1. The Hall–Kier alpha value is -4.11. The molecule has 1 amide bonds. The van der Waals surface area contributed by atoms with Gasteiger partial charge in [-0.2, -0.15) is 0 Å². The number of carbonyl (C=O) groups excluding carboxylic acids is 2. The largest absolute Gasteiger partial charge is 0.494 e. The standard InChI is InChI=1S/C27H27N5O3S/c1-3-35-24-14-12-21(13-15-24)28-17-25-30-31-27(32(25)23-10-5-4-6-11-23)36-18-26(34)29-22-9-7-8-20(16-22)19(2)33/h4-16,28H,3,17-18H2,1-2H3,(H,29,34). The highest BCUT2D eigenvalue weighted by atomic mass is 32.2. The Bertz CT molecular complexity index is 1320. The number of anilines is 2. The van der Waals surface area contributed by atoms with E-state index in [9.17, 15) is 9.59 Å². The zero-order valence-corrected chi connectivity index (χ0v) is 20.9. The molecule has 0 bridgehead atoms. The molecular weight excluding hydrogens is 474 g/mol. The molecule has 0 radical (unpaired) electrons. The minimum atomic E-state index is -0.197. The number of ketones is 1. The normalized spacial score (nSPS) is 10.6. The molecule has 9 heteroatoms. The second-order valence-electron chi connectivity index (χ2n) is 7.85. The molecule has 184 valence electrons. The van der Waals surface area contributed by atoms with Crippen LogP contribution < -0.4 is 15.4 Å². The van der Waals surface area contributed by atoms with E-state index in [1.807, 2.05) is 66.1 Å². The lowest BCUT2D eigenvalue weighted by Gasteiger charge is -2.12. The first kappa shape index (κ1) is 25.0. The van der Waals surface area contributed by atoms with E-state index < -0.39 is 0 Å². The maximum Gasteiger partial charge on any atom is 0.234 e. The molecule has 8 nitrogen and oxygen atoms in total. The molecule has 1 heterocycles. The number of thioether (sulfide) groups is 1. The van der Waals surface area contributed by atoms with Crippen LogP contribution in [-0.4, -0.2) is 38.8 Å². The Balaban J connectivity index is 1.46. The molecule has 0 saturated heterocycles. The van der Waals surface area contributed by atoms with Crippen LogP contribution >= 0.6 is 11.8 Å². The van der Waals surface area contributed by atoms with E-state index >= 15 is 0 Å². The first-order valence-corrected chi connectivity index (χ1v) is 12.5. The van der Waals surface area contributed by atoms with Gasteiger partial charge in [0.05, 0.1) is 18.9 Å². The third-order valence-electron chi connectivity index (χ3n) is 5.22. The molecule has 36 heavy (non-hydrogen) atoms. The number of rotatable bonds is 11. The van der Waals surface area contributed by atoms with Crippen LogP contribution in [0.2, 0.25) is 0 Å². The van der Waals surface area contributed by atoms with Crippen LogP contribution in [0.15, 0.2) is 84.0 Å². The lowest BCUT2D eigenvalue weighted by Crippen LogP contribution is -2.15. The van der Waals surface area contributed by atoms with E-state index in [0.717, 1.165) is 17.1 Å². The molecule has 0 aliphatic rings. The number of carbonyl (C=O) groups is 2. The van der Waals surface area contributed by atoms with Crippen molar-refractivity contribution < 1.29 is 14.3 Å². The molecule has 3 aromatic carbocycles. The molecule has 4 rings (SSSR count). The Morgan fingerprint density at radius 3 is 2.44 bits per heavy atom. The predicted octanol–water partition coefficient (Wildman–Crippen LogP) is 5.21. The first-order chi connectivity index (χ1) is 17.5. The number of amides is 1. The van der Waals surface area contributed by atoms with Gasteiger partial charge in [-0.15, -0.1) is 10.2 Å². The minimum Gasteiger partial charge on any atom is -0.494 e. The summed E-state index contributed by atoms with van der Waals surface area (Å²) in [5.74, 6) is 1.43. The van der Waals surface area contributed by atoms with Crippen LogP contribution in [0.25, 0.3) is 5.69 Å². The van der Waals surface area contributed by atoms with Crippen molar-refractivity contribution in [1.29, 1.82) is 0 Å². The Kier molecular flexibility index (Phi) is 8.36. The minimum absolute atomic E-state index is 0.0530. The molecule has 0 fully saturated rings. The highest BCUT2D eigenvalue weighted by molar-refractivity contribution is 7.99. The monoisotopic (exact) mass is 501 g/mol. The molecule has 0 atom stereocenters. The maximum absolute atomic E-state index is 12.6. The summed E-state index contributed by atoms with van der Waals surface area (Å²) in [7, 11) is 0. The van der Waals surface area contributed by atoms with Crippen molar-refractivity contribution >= 4 is 34.8 Å². The number of hydrogen-bond acceptors (Lipinski definition) is 7. The van der Waals surface area contributed by atoms with Gasteiger partial charge < -0.3 is 15.4 Å². The molecule has 2 N–H and O–H groups in total. The Morgan fingerprint density at radius 1 is 0.944 bits per heavy atom. The number of benzene rings is 3. The number of hydrogen-bond donors (Lipinski definition) is 2. The number of nitrogens with zero attached hydrogens (tertiary/aromatic N) is 3. The number of nitrogens with one attached hydrogen (secondary N) is 2. The van der Waals surface area contributed by atoms with E-state index in [0.29, 0.717) is 35.4 Å². The van der Waals surface area contributed by atoms with Crippen molar-refractivity contribution in [3.63, 3.8) is 0 Å². The summed E-state index contributed by atoms with van der Waals surface area (Å²) in [6.07, 6.45) is 0. The van der Waals surface area contributed by atoms with E-state index in [2.05, 4.69) is 20.8 Å². The fraction of sp³-hybridized carbons (Fsp3) is 0.185. The van der Waals surface area contributed by atoms with Crippen LogP contribution in [0.5, 0.6) is 5.75 Å². The number of para-hydroxylation sites is 1. The number of ether oxygens (including phenoxy) is 1. The molecular formula is C27H27N5O3S. The molecule has 0 aliphatic heterocycles. The summed E-state index contributed by atoms with van der Waals surface area (Å²) in [5, 5.41) is 15.6. The quantitative estimate of drug-likeness (QED) is 0.215. The molecule has 0 spiro atoms. The second-order valence-corrected chi connectivity index (χ2v) is 8.80. The molecule has 0 unspecified atom stereocenters. The summed E-state index contributed by atoms with van der Waals surface area (Å²) < 4.78 is 7.44. The van der Waals surface area contributed by atoms with E-state index in [1.54, 1.807) is 24.3 Å². The van der Waals surface area contributed by atoms with Gasteiger partial charge in [0.1, 0.15) is 5.75 Å². The fourth-order valence-corrected chi connectivity index (χ4v) is 4.28. The van der Waals surface area contributed by atoms with Crippen molar-refractivity contribution in [3.8, 4) is 11.4 Å². The second kappa shape index (κ2) is 12.0. The molecule has 0 saturated carbocycles. The van der Waals surface area contributed by atoms with Crippen LogP contribution in [-0.2, 0) is 11.3 Å². The fourth-order valence-electron chi connectivity index (χ4n) is 3.50. The third-order valence-corrected chi connectivity index (χ3v) is 6.14. The smallest absolute Gasteiger partial charge is 0.234 e. The highest BCUT2D eigenvalue weighted by Gasteiger charge is 2.16. The van der Waals surface area contributed by atoms with Gasteiger partial charge in [-0.3, -0.25) is 14.2 Å². The maximum atomic E-state index is 12.6. The van der Waals surface area contributed by atoms with Crippen molar-refractivity contribution in [2.75, 3.05) is 23.0 Å². The predicted molar refractivity (Wildman–Crippen MR) is 142 cm³/mol. The molecule has 0 aliphatic carbocycles. The van der Waals surface area contributed by atoms with Gasteiger partial charge in [0.15, 0.2) is 16.8 Å². The van der Waals surface area contributed by atoms with E-state index in [4.69, 9.17) is 4.74 Å². The zero-order chi connectivity index (χ0) is 25.3. The highest BCUT2D eigenvalue weighted by Crippen LogP contribution is 2.24.